The third kappa shape index (κ3) is 7.00. The van der Waals surface area contributed by atoms with E-state index < -0.39 is 0 Å². The Balaban J connectivity index is 4.28. The molecule has 0 aromatic carbocycles. The summed E-state index contributed by atoms with van der Waals surface area (Å²) in [6.07, 6.45) is 6.95. The molecule has 3 heteroatoms. The molecule has 18 heavy (non-hydrogen) atoms. The number of carbonyl (C=O) groups is 1. The molecule has 0 unspecified atom stereocenters. The van der Waals surface area contributed by atoms with Crippen LogP contribution in [0.2, 0.25) is 0 Å². The third-order valence-electron chi connectivity index (χ3n) is 3.38. The lowest BCUT2D eigenvalue weighted by atomic mass is 10.0. The standard InChI is InChI=1S/C15H32N2O/c1-5-7-9-11-17(12-10-8-6-2)15(18)14(16)13(3)4/h13-14H,5-12,16H2,1-4H3/t14-/m1/s1. The maximum Gasteiger partial charge on any atom is 0.239 e. The number of unbranched alkanes of at least 4 members (excludes halogenated alkanes) is 4. The van der Waals surface area contributed by atoms with Crippen molar-refractivity contribution >= 4 is 5.91 Å². The van der Waals surface area contributed by atoms with Gasteiger partial charge in [0.25, 0.3) is 0 Å². The van der Waals surface area contributed by atoms with Gasteiger partial charge in [-0.3, -0.25) is 4.79 Å². The molecule has 108 valence electrons. The fraction of sp³-hybridized carbons (Fsp3) is 0.933. The minimum absolute atomic E-state index is 0.136. The second-order valence-corrected chi connectivity index (χ2v) is 5.51. The second kappa shape index (κ2) is 10.4. The van der Waals surface area contributed by atoms with Gasteiger partial charge in [-0.05, 0) is 18.8 Å². The molecule has 0 bridgehead atoms. The van der Waals surface area contributed by atoms with Gasteiger partial charge in [0.05, 0.1) is 6.04 Å². The molecule has 0 rings (SSSR count). The summed E-state index contributed by atoms with van der Waals surface area (Å²) in [5, 5.41) is 0. The predicted octanol–water partition coefficient (Wildman–Crippen LogP) is 3.18. The topological polar surface area (TPSA) is 46.3 Å². The van der Waals surface area contributed by atoms with Crippen LogP contribution in [0, 0.1) is 5.92 Å². The number of amides is 1. The van der Waals surface area contributed by atoms with Crippen LogP contribution in [-0.2, 0) is 4.79 Å². The summed E-state index contributed by atoms with van der Waals surface area (Å²) in [5.41, 5.74) is 5.98. The van der Waals surface area contributed by atoms with Gasteiger partial charge in [-0.25, -0.2) is 0 Å². The SMILES string of the molecule is CCCCCN(CCCCC)C(=O)[C@H](N)C(C)C. The van der Waals surface area contributed by atoms with Gasteiger partial charge in [0, 0.05) is 13.1 Å². The van der Waals surface area contributed by atoms with Gasteiger partial charge in [-0.1, -0.05) is 53.4 Å². The van der Waals surface area contributed by atoms with Gasteiger partial charge in [-0.2, -0.15) is 0 Å². The highest BCUT2D eigenvalue weighted by Gasteiger charge is 2.22. The lowest BCUT2D eigenvalue weighted by molar-refractivity contribution is -0.133. The Bertz CT molecular complexity index is 207. The highest BCUT2D eigenvalue weighted by Crippen LogP contribution is 2.08. The van der Waals surface area contributed by atoms with Gasteiger partial charge in [0.15, 0.2) is 0 Å². The second-order valence-electron chi connectivity index (χ2n) is 5.51. The van der Waals surface area contributed by atoms with E-state index in [1.807, 2.05) is 18.7 Å². The zero-order chi connectivity index (χ0) is 14.0. The summed E-state index contributed by atoms with van der Waals surface area (Å²) in [6.45, 7) is 10.1. The summed E-state index contributed by atoms with van der Waals surface area (Å²) in [6, 6.07) is -0.340. The van der Waals surface area contributed by atoms with E-state index in [0.717, 1.165) is 25.9 Å². The summed E-state index contributed by atoms with van der Waals surface area (Å²) in [5.74, 6) is 0.356. The Morgan fingerprint density at radius 3 is 1.78 bits per heavy atom. The minimum Gasteiger partial charge on any atom is -0.341 e. The molecule has 0 saturated carbocycles. The molecule has 0 aromatic rings. The normalized spacial score (nSPS) is 12.8. The van der Waals surface area contributed by atoms with Crippen LogP contribution >= 0.6 is 0 Å². The molecule has 0 saturated heterocycles. The van der Waals surface area contributed by atoms with Gasteiger partial charge in [0.1, 0.15) is 0 Å². The number of rotatable bonds is 10. The lowest BCUT2D eigenvalue weighted by Crippen LogP contribution is -2.47. The zero-order valence-electron chi connectivity index (χ0n) is 12.7. The number of hydrogen-bond acceptors (Lipinski definition) is 2. The van der Waals surface area contributed by atoms with E-state index >= 15 is 0 Å². The Morgan fingerprint density at radius 1 is 1.00 bits per heavy atom. The molecule has 3 nitrogen and oxygen atoms in total. The molecule has 0 heterocycles. The molecular weight excluding hydrogens is 224 g/mol. The van der Waals surface area contributed by atoms with Crippen LogP contribution in [0.3, 0.4) is 0 Å². The Labute approximate surface area is 113 Å². The van der Waals surface area contributed by atoms with E-state index in [2.05, 4.69) is 13.8 Å². The van der Waals surface area contributed by atoms with E-state index in [9.17, 15) is 4.79 Å². The third-order valence-corrected chi connectivity index (χ3v) is 3.38. The first kappa shape index (κ1) is 17.4. The van der Waals surface area contributed by atoms with Crippen LogP contribution in [0.4, 0.5) is 0 Å². The largest absolute Gasteiger partial charge is 0.341 e. The molecule has 0 aliphatic carbocycles. The molecule has 0 spiro atoms. The van der Waals surface area contributed by atoms with Gasteiger partial charge in [0.2, 0.25) is 5.91 Å². The van der Waals surface area contributed by atoms with Crippen molar-refractivity contribution in [2.45, 2.75) is 72.3 Å². The van der Waals surface area contributed by atoms with Crippen molar-refractivity contribution in [1.29, 1.82) is 0 Å². The van der Waals surface area contributed by atoms with Crippen molar-refractivity contribution < 1.29 is 4.79 Å². The fourth-order valence-corrected chi connectivity index (χ4v) is 1.93. The van der Waals surface area contributed by atoms with Gasteiger partial charge in [-0.15, -0.1) is 0 Å². The van der Waals surface area contributed by atoms with Crippen LogP contribution in [0.5, 0.6) is 0 Å². The number of carbonyl (C=O) groups excluding carboxylic acids is 1. The van der Waals surface area contributed by atoms with Crippen molar-refractivity contribution in [3.63, 3.8) is 0 Å². The first-order chi connectivity index (χ1) is 8.54. The van der Waals surface area contributed by atoms with Crippen molar-refractivity contribution in [3.05, 3.63) is 0 Å². The summed E-state index contributed by atoms with van der Waals surface area (Å²) in [7, 11) is 0. The maximum atomic E-state index is 12.3. The molecule has 0 aliphatic heterocycles. The van der Waals surface area contributed by atoms with Crippen LogP contribution in [-0.4, -0.2) is 29.9 Å². The molecule has 2 N–H and O–H groups in total. The first-order valence-corrected chi connectivity index (χ1v) is 7.58. The van der Waals surface area contributed by atoms with E-state index in [-0.39, 0.29) is 17.9 Å². The van der Waals surface area contributed by atoms with Crippen molar-refractivity contribution in [3.8, 4) is 0 Å². The summed E-state index contributed by atoms with van der Waals surface area (Å²) >= 11 is 0. The molecule has 0 aliphatic rings. The van der Waals surface area contributed by atoms with E-state index in [1.165, 1.54) is 25.7 Å². The maximum absolute atomic E-state index is 12.3. The summed E-state index contributed by atoms with van der Waals surface area (Å²) in [4.78, 5) is 14.3. The quantitative estimate of drug-likeness (QED) is 0.610. The zero-order valence-corrected chi connectivity index (χ0v) is 12.7. The van der Waals surface area contributed by atoms with E-state index in [1.54, 1.807) is 0 Å². The highest BCUT2D eigenvalue weighted by molar-refractivity contribution is 5.81. The Morgan fingerprint density at radius 2 is 1.44 bits per heavy atom. The molecular formula is C15H32N2O. The smallest absolute Gasteiger partial charge is 0.239 e. The van der Waals surface area contributed by atoms with Crippen LogP contribution in [0.25, 0.3) is 0 Å². The summed E-state index contributed by atoms with van der Waals surface area (Å²) < 4.78 is 0. The average molecular weight is 256 g/mol. The van der Waals surface area contributed by atoms with Crippen molar-refractivity contribution in [2.24, 2.45) is 11.7 Å². The monoisotopic (exact) mass is 256 g/mol. The van der Waals surface area contributed by atoms with E-state index in [0.29, 0.717) is 0 Å². The van der Waals surface area contributed by atoms with Crippen molar-refractivity contribution in [1.82, 2.24) is 4.90 Å². The molecule has 1 amide bonds. The highest BCUT2D eigenvalue weighted by atomic mass is 16.2. The number of hydrogen-bond donors (Lipinski definition) is 1. The lowest BCUT2D eigenvalue weighted by Gasteiger charge is -2.27. The van der Waals surface area contributed by atoms with Crippen LogP contribution in [0.15, 0.2) is 0 Å². The molecule has 0 fully saturated rings. The number of nitrogens with two attached hydrogens (primary N) is 1. The first-order valence-electron chi connectivity index (χ1n) is 7.58. The minimum atomic E-state index is -0.340. The molecule has 0 aromatic heterocycles. The van der Waals surface area contributed by atoms with Crippen LogP contribution in [0.1, 0.15) is 66.2 Å². The Hall–Kier alpha value is -0.570. The van der Waals surface area contributed by atoms with Gasteiger partial charge < -0.3 is 10.6 Å². The van der Waals surface area contributed by atoms with E-state index in [4.69, 9.17) is 5.73 Å². The molecule has 0 radical (unpaired) electrons. The Kier molecular flexibility index (Phi) is 10.0. The van der Waals surface area contributed by atoms with Gasteiger partial charge >= 0.3 is 0 Å². The molecule has 1 atom stereocenters. The predicted molar refractivity (Wildman–Crippen MR) is 78.4 cm³/mol. The van der Waals surface area contributed by atoms with Crippen LogP contribution < -0.4 is 5.73 Å². The van der Waals surface area contributed by atoms with Crippen molar-refractivity contribution in [2.75, 3.05) is 13.1 Å². The average Bonchev–Trinajstić information content (AvgIpc) is 2.35. The fourth-order valence-electron chi connectivity index (χ4n) is 1.93. The number of nitrogens with zero attached hydrogens (tertiary/aromatic N) is 1.